The molecule has 1 N–H and O–H groups in total. The van der Waals surface area contributed by atoms with Crippen molar-refractivity contribution in [3.05, 3.63) is 34.4 Å². The third-order valence-corrected chi connectivity index (χ3v) is 2.33. The van der Waals surface area contributed by atoms with Crippen molar-refractivity contribution in [1.82, 2.24) is 4.98 Å². The lowest BCUT2D eigenvalue weighted by atomic mass is 10.2. The summed E-state index contributed by atoms with van der Waals surface area (Å²) >= 11 is 3.31. The van der Waals surface area contributed by atoms with E-state index in [1.54, 1.807) is 6.07 Å². The molecule has 0 spiro atoms. The smallest absolute Gasteiger partial charge is 0.142 e. The molecule has 1 aromatic heterocycles. The minimum absolute atomic E-state index is 0.216. The van der Waals surface area contributed by atoms with Crippen LogP contribution in [0.1, 0.15) is 5.69 Å². The summed E-state index contributed by atoms with van der Waals surface area (Å²) in [6.45, 7) is 1.90. The molecule has 0 amide bonds. The normalized spacial score (nSPS) is 10.6. The Morgan fingerprint density at radius 3 is 2.85 bits per heavy atom. The monoisotopic (exact) mass is 237 g/mol. The zero-order chi connectivity index (χ0) is 9.42. The molecule has 13 heavy (non-hydrogen) atoms. The Labute approximate surface area is 84.4 Å². The van der Waals surface area contributed by atoms with E-state index in [9.17, 15) is 5.11 Å². The number of phenolic OH excluding ortho intramolecular Hbond substituents is 1. The first kappa shape index (κ1) is 8.51. The first-order valence-electron chi connectivity index (χ1n) is 3.93. The van der Waals surface area contributed by atoms with Gasteiger partial charge in [-0.05, 0) is 25.1 Å². The van der Waals surface area contributed by atoms with E-state index >= 15 is 0 Å². The number of aromatic hydroxyl groups is 1. The second-order valence-corrected chi connectivity index (χ2v) is 3.86. The van der Waals surface area contributed by atoms with Gasteiger partial charge >= 0.3 is 0 Å². The summed E-state index contributed by atoms with van der Waals surface area (Å²) in [5, 5.41) is 10.5. The average molecular weight is 238 g/mol. The summed E-state index contributed by atoms with van der Waals surface area (Å²) in [7, 11) is 0. The fourth-order valence-corrected chi connectivity index (χ4v) is 1.74. The quantitative estimate of drug-likeness (QED) is 0.765. The number of benzene rings is 1. The standard InChI is InChI=1S/C10H8BrNO/c1-6-2-3-7-4-8(11)5-9(13)10(7)12-6/h2-5,13H,1H3. The maximum absolute atomic E-state index is 9.58. The molecule has 3 heteroatoms. The number of hydrogen-bond donors (Lipinski definition) is 1. The molecule has 0 bridgehead atoms. The number of aromatic nitrogens is 1. The molecule has 2 nitrogen and oxygen atoms in total. The number of nitrogens with zero attached hydrogens (tertiary/aromatic N) is 1. The molecule has 0 aliphatic heterocycles. The molecule has 2 rings (SSSR count). The Morgan fingerprint density at radius 1 is 1.31 bits per heavy atom. The summed E-state index contributed by atoms with van der Waals surface area (Å²) < 4.78 is 0.864. The van der Waals surface area contributed by atoms with Crippen molar-refractivity contribution < 1.29 is 5.11 Å². The van der Waals surface area contributed by atoms with Gasteiger partial charge < -0.3 is 5.11 Å². The van der Waals surface area contributed by atoms with Crippen LogP contribution in [0.25, 0.3) is 10.9 Å². The molecule has 2 aromatic rings. The van der Waals surface area contributed by atoms with E-state index in [1.807, 2.05) is 25.1 Å². The van der Waals surface area contributed by atoms with Crippen molar-refractivity contribution in [2.45, 2.75) is 6.92 Å². The molecule has 1 aromatic carbocycles. The number of halogens is 1. The van der Waals surface area contributed by atoms with Gasteiger partial charge in [0, 0.05) is 15.6 Å². The number of hydrogen-bond acceptors (Lipinski definition) is 2. The first-order valence-corrected chi connectivity index (χ1v) is 4.72. The predicted octanol–water partition coefficient (Wildman–Crippen LogP) is 3.01. The van der Waals surface area contributed by atoms with Gasteiger partial charge in [0.15, 0.2) is 0 Å². The molecular weight excluding hydrogens is 230 g/mol. The number of pyridine rings is 1. The van der Waals surface area contributed by atoms with Gasteiger partial charge in [0.05, 0.1) is 0 Å². The third-order valence-electron chi connectivity index (χ3n) is 1.88. The molecule has 66 valence electrons. The Kier molecular flexibility index (Phi) is 1.96. The Hall–Kier alpha value is -1.09. The lowest BCUT2D eigenvalue weighted by Crippen LogP contribution is -1.83. The Balaban J connectivity index is 2.87. The van der Waals surface area contributed by atoms with Crippen LogP contribution in [0.4, 0.5) is 0 Å². The van der Waals surface area contributed by atoms with Gasteiger partial charge in [-0.15, -0.1) is 0 Å². The van der Waals surface area contributed by atoms with Crippen LogP contribution in [-0.4, -0.2) is 10.1 Å². The van der Waals surface area contributed by atoms with E-state index in [0.29, 0.717) is 5.52 Å². The number of rotatable bonds is 0. The van der Waals surface area contributed by atoms with E-state index in [1.165, 1.54) is 0 Å². The molecule has 0 radical (unpaired) electrons. The van der Waals surface area contributed by atoms with E-state index in [2.05, 4.69) is 20.9 Å². The lowest BCUT2D eigenvalue weighted by molar-refractivity contribution is 0.480. The lowest BCUT2D eigenvalue weighted by Gasteiger charge is -2.01. The molecule has 0 aliphatic rings. The van der Waals surface area contributed by atoms with E-state index < -0.39 is 0 Å². The van der Waals surface area contributed by atoms with E-state index in [4.69, 9.17) is 0 Å². The van der Waals surface area contributed by atoms with Gasteiger partial charge in [-0.3, -0.25) is 0 Å². The fourth-order valence-electron chi connectivity index (χ4n) is 1.28. The minimum Gasteiger partial charge on any atom is -0.506 e. The second kappa shape index (κ2) is 3.00. The van der Waals surface area contributed by atoms with Crippen molar-refractivity contribution >= 4 is 26.8 Å². The first-order chi connectivity index (χ1) is 6.16. The molecule has 0 unspecified atom stereocenters. The fraction of sp³-hybridized carbons (Fsp3) is 0.100. The maximum atomic E-state index is 9.58. The molecule has 0 fully saturated rings. The molecule has 1 heterocycles. The van der Waals surface area contributed by atoms with Crippen LogP contribution in [0.5, 0.6) is 5.75 Å². The summed E-state index contributed by atoms with van der Waals surface area (Å²) in [4.78, 5) is 4.25. The topological polar surface area (TPSA) is 33.1 Å². The highest BCUT2D eigenvalue weighted by atomic mass is 79.9. The SMILES string of the molecule is Cc1ccc2cc(Br)cc(O)c2n1. The highest BCUT2D eigenvalue weighted by Crippen LogP contribution is 2.27. The van der Waals surface area contributed by atoms with Crippen LogP contribution in [-0.2, 0) is 0 Å². The van der Waals surface area contributed by atoms with E-state index in [0.717, 1.165) is 15.6 Å². The summed E-state index contributed by atoms with van der Waals surface area (Å²) in [5.41, 5.74) is 1.56. The van der Waals surface area contributed by atoms with Gasteiger partial charge in [0.2, 0.25) is 0 Å². The van der Waals surface area contributed by atoms with Crippen LogP contribution < -0.4 is 0 Å². The number of phenols is 1. The van der Waals surface area contributed by atoms with Crippen LogP contribution in [0, 0.1) is 6.92 Å². The van der Waals surface area contributed by atoms with Crippen LogP contribution in [0.2, 0.25) is 0 Å². The Bertz CT molecular complexity index is 468. The van der Waals surface area contributed by atoms with E-state index in [-0.39, 0.29) is 5.75 Å². The number of fused-ring (bicyclic) bond motifs is 1. The largest absolute Gasteiger partial charge is 0.506 e. The minimum atomic E-state index is 0.216. The van der Waals surface area contributed by atoms with Crippen LogP contribution in [0.3, 0.4) is 0 Å². The van der Waals surface area contributed by atoms with Crippen molar-refractivity contribution in [2.75, 3.05) is 0 Å². The Morgan fingerprint density at radius 2 is 2.08 bits per heavy atom. The van der Waals surface area contributed by atoms with Crippen LogP contribution >= 0.6 is 15.9 Å². The summed E-state index contributed by atoms with van der Waals surface area (Å²) in [5.74, 6) is 0.216. The predicted molar refractivity (Wildman–Crippen MR) is 55.8 cm³/mol. The zero-order valence-corrected chi connectivity index (χ0v) is 8.67. The molecule has 0 saturated heterocycles. The average Bonchev–Trinajstić information content (AvgIpc) is 2.06. The van der Waals surface area contributed by atoms with Crippen molar-refractivity contribution in [1.29, 1.82) is 0 Å². The molecule has 0 atom stereocenters. The van der Waals surface area contributed by atoms with Gasteiger partial charge in [0.1, 0.15) is 11.3 Å². The van der Waals surface area contributed by atoms with Crippen molar-refractivity contribution in [3.8, 4) is 5.75 Å². The van der Waals surface area contributed by atoms with Crippen LogP contribution in [0.15, 0.2) is 28.7 Å². The van der Waals surface area contributed by atoms with Gasteiger partial charge in [-0.2, -0.15) is 0 Å². The zero-order valence-electron chi connectivity index (χ0n) is 7.08. The van der Waals surface area contributed by atoms with Crippen molar-refractivity contribution in [2.24, 2.45) is 0 Å². The molecule has 0 saturated carbocycles. The van der Waals surface area contributed by atoms with Crippen molar-refractivity contribution in [3.63, 3.8) is 0 Å². The highest BCUT2D eigenvalue weighted by Gasteiger charge is 2.02. The summed E-state index contributed by atoms with van der Waals surface area (Å²) in [6, 6.07) is 7.45. The second-order valence-electron chi connectivity index (χ2n) is 2.95. The maximum Gasteiger partial charge on any atom is 0.142 e. The van der Waals surface area contributed by atoms with Gasteiger partial charge in [0.25, 0.3) is 0 Å². The van der Waals surface area contributed by atoms with Gasteiger partial charge in [-0.25, -0.2) is 4.98 Å². The number of aryl methyl sites for hydroxylation is 1. The highest BCUT2D eigenvalue weighted by molar-refractivity contribution is 9.10. The molecule has 0 aliphatic carbocycles. The third kappa shape index (κ3) is 1.52. The molecular formula is C10H8BrNO. The summed E-state index contributed by atoms with van der Waals surface area (Å²) in [6.07, 6.45) is 0. The van der Waals surface area contributed by atoms with Gasteiger partial charge in [-0.1, -0.05) is 22.0 Å².